The van der Waals surface area contributed by atoms with Crippen molar-refractivity contribution in [2.45, 2.75) is 0 Å². The third-order valence-corrected chi connectivity index (χ3v) is 3.23. The van der Waals surface area contributed by atoms with Gasteiger partial charge in [-0.2, -0.15) is 15.0 Å². The zero-order chi connectivity index (χ0) is 16.4. The van der Waals surface area contributed by atoms with Gasteiger partial charge in [-0.25, -0.2) is 0 Å². The summed E-state index contributed by atoms with van der Waals surface area (Å²) in [5, 5.41) is 11.3. The van der Waals surface area contributed by atoms with Gasteiger partial charge < -0.3 is 11.5 Å². The van der Waals surface area contributed by atoms with E-state index in [0.717, 1.165) is 0 Å². The van der Waals surface area contributed by atoms with Crippen molar-refractivity contribution < 1.29 is 4.92 Å². The molecule has 0 fully saturated rings. The van der Waals surface area contributed by atoms with E-state index in [2.05, 4.69) is 15.0 Å². The Morgan fingerprint density at radius 1 is 0.783 bits per heavy atom. The van der Waals surface area contributed by atoms with Crippen molar-refractivity contribution in [3.8, 4) is 22.5 Å². The number of nitrogen functional groups attached to an aromatic ring is 2. The van der Waals surface area contributed by atoms with E-state index in [1.54, 1.807) is 42.5 Å². The van der Waals surface area contributed by atoms with Crippen LogP contribution in [0.3, 0.4) is 0 Å². The fourth-order valence-electron chi connectivity index (χ4n) is 2.30. The Balaban J connectivity index is 2.26. The fourth-order valence-corrected chi connectivity index (χ4v) is 2.30. The lowest BCUT2D eigenvalue weighted by atomic mass is 9.98. The number of nitro groups is 1. The second-order valence-corrected chi connectivity index (χ2v) is 4.70. The van der Waals surface area contributed by atoms with E-state index in [1.165, 1.54) is 6.07 Å². The average Bonchev–Trinajstić information content (AvgIpc) is 2.54. The molecular formula is C15H12N6O2. The Morgan fingerprint density at radius 3 is 1.91 bits per heavy atom. The van der Waals surface area contributed by atoms with Gasteiger partial charge in [0.15, 0.2) is 5.82 Å². The molecule has 0 saturated carbocycles. The first kappa shape index (κ1) is 14.4. The number of nitrogens with two attached hydrogens (primary N) is 2. The van der Waals surface area contributed by atoms with Crippen LogP contribution < -0.4 is 11.5 Å². The Kier molecular flexibility index (Phi) is 3.55. The normalized spacial score (nSPS) is 10.4. The van der Waals surface area contributed by atoms with Crippen LogP contribution in [-0.4, -0.2) is 19.9 Å². The minimum atomic E-state index is -0.428. The van der Waals surface area contributed by atoms with Crippen molar-refractivity contribution >= 4 is 17.6 Å². The predicted molar refractivity (Wildman–Crippen MR) is 86.2 cm³/mol. The van der Waals surface area contributed by atoms with Gasteiger partial charge in [-0.1, -0.05) is 36.4 Å². The van der Waals surface area contributed by atoms with E-state index in [4.69, 9.17) is 11.5 Å². The van der Waals surface area contributed by atoms with Gasteiger partial charge in [0.05, 0.1) is 10.5 Å². The van der Waals surface area contributed by atoms with E-state index >= 15 is 0 Å². The van der Waals surface area contributed by atoms with Crippen molar-refractivity contribution in [3.63, 3.8) is 0 Å². The van der Waals surface area contributed by atoms with Gasteiger partial charge in [0.1, 0.15) is 0 Å². The van der Waals surface area contributed by atoms with Crippen LogP contribution in [-0.2, 0) is 0 Å². The summed E-state index contributed by atoms with van der Waals surface area (Å²) in [5.41, 5.74) is 12.9. The van der Waals surface area contributed by atoms with E-state index < -0.39 is 4.92 Å². The molecule has 23 heavy (non-hydrogen) atoms. The third-order valence-electron chi connectivity index (χ3n) is 3.23. The van der Waals surface area contributed by atoms with Gasteiger partial charge >= 0.3 is 0 Å². The van der Waals surface area contributed by atoms with Crippen LogP contribution in [0.1, 0.15) is 0 Å². The molecule has 3 aromatic rings. The first-order valence-electron chi connectivity index (χ1n) is 6.66. The predicted octanol–water partition coefficient (Wildman–Crippen LogP) is 2.28. The number of hydrogen-bond acceptors (Lipinski definition) is 7. The lowest BCUT2D eigenvalue weighted by Crippen LogP contribution is -2.05. The molecule has 0 amide bonds. The smallest absolute Gasteiger partial charge is 0.277 e. The summed E-state index contributed by atoms with van der Waals surface area (Å²) in [7, 11) is 0. The van der Waals surface area contributed by atoms with Crippen molar-refractivity contribution in [3.05, 3.63) is 58.6 Å². The zero-order valence-corrected chi connectivity index (χ0v) is 11.9. The summed E-state index contributed by atoms with van der Waals surface area (Å²) < 4.78 is 0. The lowest BCUT2D eigenvalue weighted by molar-refractivity contribution is -0.384. The van der Waals surface area contributed by atoms with Crippen molar-refractivity contribution in [1.29, 1.82) is 0 Å². The molecule has 0 atom stereocenters. The summed E-state index contributed by atoms with van der Waals surface area (Å²) in [6, 6.07) is 13.5. The molecule has 0 spiro atoms. The molecule has 1 aromatic heterocycles. The Morgan fingerprint density at radius 2 is 1.30 bits per heavy atom. The maximum atomic E-state index is 11.3. The molecule has 0 bridgehead atoms. The molecule has 8 heteroatoms. The number of nitro benzene ring substituents is 1. The highest BCUT2D eigenvalue weighted by Crippen LogP contribution is 2.35. The molecule has 0 aliphatic rings. The number of nitrogens with zero attached hydrogens (tertiary/aromatic N) is 4. The summed E-state index contributed by atoms with van der Waals surface area (Å²) in [6.45, 7) is 0. The summed E-state index contributed by atoms with van der Waals surface area (Å²) in [6.07, 6.45) is 0. The first-order chi connectivity index (χ1) is 11.1. The molecule has 0 saturated heterocycles. The molecule has 4 N–H and O–H groups in total. The second-order valence-electron chi connectivity index (χ2n) is 4.70. The first-order valence-corrected chi connectivity index (χ1v) is 6.66. The molecular weight excluding hydrogens is 296 g/mol. The van der Waals surface area contributed by atoms with Gasteiger partial charge in [-0.15, -0.1) is 0 Å². The van der Waals surface area contributed by atoms with Crippen LogP contribution in [0.5, 0.6) is 0 Å². The third kappa shape index (κ3) is 2.77. The molecule has 0 aliphatic heterocycles. The number of para-hydroxylation sites is 1. The standard InChI is InChI=1S/C15H12N6O2/c16-14-18-13(19-15(17)20-14)11-7-2-1-5-9(11)10-6-3-4-8-12(10)21(22)23/h1-8H,(H4,16,17,18,19,20). The molecule has 0 aliphatic carbocycles. The van der Waals surface area contributed by atoms with Crippen LogP contribution in [0.4, 0.5) is 17.6 Å². The van der Waals surface area contributed by atoms with Gasteiger partial charge in [-0.05, 0) is 11.6 Å². The highest BCUT2D eigenvalue weighted by Gasteiger charge is 2.18. The molecule has 2 aromatic carbocycles. The van der Waals surface area contributed by atoms with E-state index in [9.17, 15) is 10.1 Å². The van der Waals surface area contributed by atoms with E-state index in [0.29, 0.717) is 16.7 Å². The zero-order valence-electron chi connectivity index (χ0n) is 11.9. The molecule has 1 heterocycles. The highest BCUT2D eigenvalue weighted by molar-refractivity contribution is 5.85. The van der Waals surface area contributed by atoms with E-state index in [-0.39, 0.29) is 23.4 Å². The topological polar surface area (TPSA) is 134 Å². The van der Waals surface area contributed by atoms with Crippen molar-refractivity contribution in [2.24, 2.45) is 0 Å². The summed E-state index contributed by atoms with van der Waals surface area (Å²) >= 11 is 0. The maximum absolute atomic E-state index is 11.3. The van der Waals surface area contributed by atoms with Gasteiger partial charge in [-0.3, -0.25) is 10.1 Å². The number of benzene rings is 2. The highest BCUT2D eigenvalue weighted by atomic mass is 16.6. The number of rotatable bonds is 3. The maximum Gasteiger partial charge on any atom is 0.277 e. The largest absolute Gasteiger partial charge is 0.368 e. The number of aromatic nitrogens is 3. The van der Waals surface area contributed by atoms with Gasteiger partial charge in [0, 0.05) is 11.6 Å². The Bertz CT molecular complexity index is 876. The van der Waals surface area contributed by atoms with Crippen LogP contribution in [0, 0.1) is 10.1 Å². The lowest BCUT2D eigenvalue weighted by Gasteiger charge is -2.09. The van der Waals surface area contributed by atoms with Crippen LogP contribution >= 0.6 is 0 Å². The Labute approximate surface area is 131 Å². The monoisotopic (exact) mass is 308 g/mol. The SMILES string of the molecule is Nc1nc(N)nc(-c2ccccc2-c2ccccc2[N+](=O)[O-])n1. The number of anilines is 2. The molecule has 3 rings (SSSR count). The summed E-state index contributed by atoms with van der Waals surface area (Å²) in [5.74, 6) is 0.249. The van der Waals surface area contributed by atoms with Gasteiger partial charge in [0.25, 0.3) is 5.69 Å². The minimum absolute atomic E-state index is 0.00468. The van der Waals surface area contributed by atoms with Crippen LogP contribution in [0.15, 0.2) is 48.5 Å². The molecule has 8 nitrogen and oxygen atoms in total. The van der Waals surface area contributed by atoms with Crippen LogP contribution in [0.25, 0.3) is 22.5 Å². The second kappa shape index (κ2) is 5.68. The summed E-state index contributed by atoms with van der Waals surface area (Å²) in [4.78, 5) is 22.7. The van der Waals surface area contributed by atoms with Crippen LogP contribution in [0.2, 0.25) is 0 Å². The minimum Gasteiger partial charge on any atom is -0.368 e. The fraction of sp³-hybridized carbons (Fsp3) is 0. The average molecular weight is 308 g/mol. The quantitative estimate of drug-likeness (QED) is 0.559. The molecule has 114 valence electrons. The van der Waals surface area contributed by atoms with Gasteiger partial charge in [0.2, 0.25) is 11.9 Å². The molecule has 0 radical (unpaired) electrons. The van der Waals surface area contributed by atoms with Crippen molar-refractivity contribution in [1.82, 2.24) is 15.0 Å². The molecule has 0 unspecified atom stereocenters. The van der Waals surface area contributed by atoms with Crippen molar-refractivity contribution in [2.75, 3.05) is 11.5 Å². The number of hydrogen-bond donors (Lipinski definition) is 2. The van der Waals surface area contributed by atoms with E-state index in [1.807, 2.05) is 0 Å². The Hall–Kier alpha value is -3.55.